The largest absolute Gasteiger partial charge is 0.383 e. The summed E-state index contributed by atoms with van der Waals surface area (Å²) in [6.07, 6.45) is 5.81. The molecule has 0 bridgehead atoms. The van der Waals surface area contributed by atoms with Gasteiger partial charge in [-0.05, 0) is 70.8 Å². The lowest BCUT2D eigenvalue weighted by Crippen LogP contribution is -2.17. The third kappa shape index (κ3) is 5.87. The third-order valence-electron chi connectivity index (χ3n) is 5.18. The molecule has 0 radical (unpaired) electrons. The molecule has 0 spiro atoms. The number of nitrogens with zero attached hydrogens (tertiary/aromatic N) is 4. The van der Waals surface area contributed by atoms with E-state index in [4.69, 9.17) is 39.5 Å². The van der Waals surface area contributed by atoms with E-state index in [1.807, 2.05) is 25.1 Å². The van der Waals surface area contributed by atoms with Crippen LogP contribution >= 0.6 is 68.7 Å². The number of aryl methyl sites for hydroxylation is 1. The maximum absolute atomic E-state index is 10.7. The molecule has 34 heavy (non-hydrogen) atoms. The van der Waals surface area contributed by atoms with Crippen molar-refractivity contribution in [3.63, 3.8) is 0 Å². The number of aliphatic hydroxyl groups excluding tert-OH is 1. The summed E-state index contributed by atoms with van der Waals surface area (Å²) in [6.45, 7) is 2.69. The number of benzene rings is 1. The first-order chi connectivity index (χ1) is 16.3. The molecule has 0 aliphatic carbocycles. The molecule has 1 aliphatic rings. The van der Waals surface area contributed by atoms with Crippen molar-refractivity contribution in [2.45, 2.75) is 25.6 Å². The number of fused-ring (bicyclic) bond motifs is 1. The van der Waals surface area contributed by atoms with E-state index in [9.17, 15) is 5.11 Å². The number of rotatable bonds is 3. The highest BCUT2D eigenvalue weighted by Crippen LogP contribution is 2.41. The van der Waals surface area contributed by atoms with Gasteiger partial charge in [0.1, 0.15) is 35.2 Å². The maximum atomic E-state index is 10.7. The summed E-state index contributed by atoms with van der Waals surface area (Å²) in [7, 11) is 0. The predicted octanol–water partition coefficient (Wildman–Crippen LogP) is 6.63. The Morgan fingerprint density at radius 2 is 1.79 bits per heavy atom. The quantitative estimate of drug-likeness (QED) is 0.199. The number of halogens is 4. The lowest BCUT2D eigenvalue weighted by atomic mass is 9.93. The zero-order valence-corrected chi connectivity index (χ0v) is 23.0. The van der Waals surface area contributed by atoms with Gasteiger partial charge in [-0.3, -0.25) is 0 Å². The summed E-state index contributed by atoms with van der Waals surface area (Å²) in [5, 5.41) is 12.2. The van der Waals surface area contributed by atoms with E-state index in [1.54, 1.807) is 12.4 Å². The summed E-state index contributed by atoms with van der Waals surface area (Å²) in [5.41, 5.74) is 3.87. The molecule has 176 valence electrons. The molecule has 4 heterocycles. The van der Waals surface area contributed by atoms with Crippen molar-refractivity contribution in [2.24, 2.45) is 0 Å². The topological polar surface area (TPSA) is 81.0 Å². The van der Waals surface area contributed by atoms with Crippen molar-refractivity contribution >= 4 is 68.7 Å². The van der Waals surface area contributed by atoms with E-state index in [-0.39, 0.29) is 11.3 Å². The Hall–Kier alpha value is -1.40. The number of thiophene rings is 1. The predicted molar refractivity (Wildman–Crippen MR) is 143 cm³/mol. The molecular formula is C23H18Cl3IN4O2S. The molecule has 0 fully saturated rings. The molecule has 4 aromatic rings. The van der Waals surface area contributed by atoms with Gasteiger partial charge in [-0.15, -0.1) is 11.3 Å². The standard InChI is InChI=1S/C19H16Cl2N2O2S.C4H2ClIN2/c1-10-13(18-14-6-12(20)3-2-11(14)4-5-25-18)7-16(26-10)17(24)15-8-22-9-23-19(15)21;5-4-3(6)1-7-2-8-4/h2-3,6-9,17-18,24H,4-5H2,1H3;1-2H/t17-,18-;/m0./s1. The molecule has 0 saturated heterocycles. The monoisotopic (exact) mass is 646 g/mol. The van der Waals surface area contributed by atoms with Gasteiger partial charge < -0.3 is 9.84 Å². The number of aromatic nitrogens is 4. The van der Waals surface area contributed by atoms with Gasteiger partial charge in [0.2, 0.25) is 0 Å². The summed E-state index contributed by atoms with van der Waals surface area (Å²) in [6, 6.07) is 7.92. The van der Waals surface area contributed by atoms with Crippen LogP contribution in [0.2, 0.25) is 15.3 Å². The Bertz CT molecular complexity index is 1290. The minimum Gasteiger partial charge on any atom is -0.383 e. The number of hydrogen-bond donors (Lipinski definition) is 1. The molecule has 5 rings (SSSR count). The second kappa shape index (κ2) is 11.6. The molecule has 1 aliphatic heterocycles. The van der Waals surface area contributed by atoms with Gasteiger partial charge >= 0.3 is 0 Å². The zero-order valence-electron chi connectivity index (χ0n) is 17.8. The first-order valence-electron chi connectivity index (χ1n) is 10.1. The third-order valence-corrected chi connectivity index (χ3v) is 8.26. The van der Waals surface area contributed by atoms with Crippen LogP contribution < -0.4 is 0 Å². The van der Waals surface area contributed by atoms with E-state index in [2.05, 4.69) is 48.6 Å². The van der Waals surface area contributed by atoms with E-state index in [0.717, 1.165) is 30.9 Å². The van der Waals surface area contributed by atoms with E-state index in [1.165, 1.54) is 29.6 Å². The van der Waals surface area contributed by atoms with Gasteiger partial charge in [0.15, 0.2) is 0 Å². The molecular weight excluding hydrogens is 630 g/mol. The second-order valence-electron chi connectivity index (χ2n) is 7.34. The second-order valence-corrected chi connectivity index (χ2v) is 10.9. The number of aliphatic hydroxyl groups is 1. The van der Waals surface area contributed by atoms with Crippen LogP contribution in [0, 0.1) is 10.5 Å². The maximum Gasteiger partial charge on any atom is 0.145 e. The lowest BCUT2D eigenvalue weighted by molar-refractivity contribution is 0.0697. The van der Waals surface area contributed by atoms with Crippen LogP contribution in [0.1, 0.15) is 44.2 Å². The van der Waals surface area contributed by atoms with E-state index in [0.29, 0.717) is 22.3 Å². The highest BCUT2D eigenvalue weighted by molar-refractivity contribution is 14.1. The Morgan fingerprint density at radius 3 is 2.47 bits per heavy atom. The van der Waals surface area contributed by atoms with Crippen LogP contribution in [0.4, 0.5) is 0 Å². The Morgan fingerprint density at radius 1 is 1.06 bits per heavy atom. The smallest absolute Gasteiger partial charge is 0.145 e. The van der Waals surface area contributed by atoms with Crippen LogP contribution in [0.3, 0.4) is 0 Å². The molecule has 11 heteroatoms. The average Bonchev–Trinajstić information content (AvgIpc) is 3.22. The van der Waals surface area contributed by atoms with Crippen molar-refractivity contribution in [3.05, 3.63) is 100 Å². The van der Waals surface area contributed by atoms with Crippen LogP contribution in [-0.2, 0) is 11.2 Å². The number of hydrogen-bond acceptors (Lipinski definition) is 7. The first-order valence-corrected chi connectivity index (χ1v) is 13.1. The van der Waals surface area contributed by atoms with E-state index < -0.39 is 6.10 Å². The molecule has 0 saturated carbocycles. The van der Waals surface area contributed by atoms with Gasteiger partial charge in [-0.1, -0.05) is 40.9 Å². The molecule has 0 amide bonds. The average molecular weight is 648 g/mol. The van der Waals surface area contributed by atoms with Crippen LogP contribution in [0.25, 0.3) is 0 Å². The highest BCUT2D eigenvalue weighted by atomic mass is 127. The van der Waals surface area contributed by atoms with Crippen molar-refractivity contribution in [2.75, 3.05) is 6.61 Å². The minimum atomic E-state index is -0.872. The van der Waals surface area contributed by atoms with Crippen LogP contribution in [0.15, 0.2) is 49.3 Å². The van der Waals surface area contributed by atoms with Gasteiger partial charge in [-0.25, -0.2) is 19.9 Å². The van der Waals surface area contributed by atoms with Gasteiger partial charge in [0.25, 0.3) is 0 Å². The molecule has 6 nitrogen and oxygen atoms in total. The summed E-state index contributed by atoms with van der Waals surface area (Å²) >= 11 is 21.4. The van der Waals surface area contributed by atoms with Gasteiger partial charge in [0.05, 0.1) is 10.2 Å². The molecule has 1 aromatic carbocycles. The van der Waals surface area contributed by atoms with Crippen LogP contribution in [-0.4, -0.2) is 31.6 Å². The summed E-state index contributed by atoms with van der Waals surface area (Å²) in [5.74, 6) is 0. The SMILES string of the molecule is Cc1sc([C@@H](O)c2cncnc2Cl)cc1[C@@H]1OCCc2ccc(Cl)cc21.Clc1ncncc1I. The number of ether oxygens (including phenoxy) is 1. The molecule has 0 unspecified atom stereocenters. The highest BCUT2D eigenvalue weighted by Gasteiger charge is 2.27. The minimum absolute atomic E-state index is 0.183. The Labute approximate surface area is 229 Å². The lowest BCUT2D eigenvalue weighted by Gasteiger charge is -2.26. The Balaban J connectivity index is 0.000000291. The van der Waals surface area contributed by atoms with Gasteiger partial charge in [0, 0.05) is 32.7 Å². The summed E-state index contributed by atoms with van der Waals surface area (Å²) in [4.78, 5) is 17.2. The molecule has 1 N–H and O–H groups in total. The zero-order chi connectivity index (χ0) is 24.2. The van der Waals surface area contributed by atoms with E-state index >= 15 is 0 Å². The van der Waals surface area contributed by atoms with Crippen molar-refractivity contribution in [3.8, 4) is 0 Å². The molecule has 2 atom stereocenters. The van der Waals surface area contributed by atoms with Crippen LogP contribution in [0.5, 0.6) is 0 Å². The Kier molecular flexibility index (Phi) is 8.73. The first kappa shape index (κ1) is 25.7. The fourth-order valence-electron chi connectivity index (χ4n) is 3.55. The van der Waals surface area contributed by atoms with Gasteiger partial charge in [-0.2, -0.15) is 0 Å². The van der Waals surface area contributed by atoms with Crippen molar-refractivity contribution < 1.29 is 9.84 Å². The fraction of sp³-hybridized carbons (Fsp3) is 0.217. The van der Waals surface area contributed by atoms with Crippen molar-refractivity contribution in [1.82, 2.24) is 19.9 Å². The fourth-order valence-corrected chi connectivity index (χ4v) is 5.38. The molecule has 3 aromatic heterocycles. The normalized spacial score (nSPS) is 15.8. The van der Waals surface area contributed by atoms with Crippen molar-refractivity contribution in [1.29, 1.82) is 0 Å². The summed E-state index contributed by atoms with van der Waals surface area (Å²) < 4.78 is 6.95.